The summed E-state index contributed by atoms with van der Waals surface area (Å²) < 4.78 is 1.45. The van der Waals surface area contributed by atoms with Gasteiger partial charge in [0.25, 0.3) is 5.91 Å². The summed E-state index contributed by atoms with van der Waals surface area (Å²) in [5.74, 6) is 0.121. The van der Waals surface area contributed by atoms with E-state index in [1.165, 1.54) is 17.3 Å². The van der Waals surface area contributed by atoms with Crippen molar-refractivity contribution in [2.45, 2.75) is 6.92 Å². The fourth-order valence-electron chi connectivity index (χ4n) is 1.81. The Kier molecular flexibility index (Phi) is 3.80. The highest BCUT2D eigenvalue weighted by Gasteiger charge is 2.11. The molecule has 3 aromatic rings. The maximum atomic E-state index is 12.2. The lowest BCUT2D eigenvalue weighted by Crippen LogP contribution is -2.15. The molecule has 110 valence electrons. The summed E-state index contributed by atoms with van der Waals surface area (Å²) in [5.41, 5.74) is 1.74. The van der Waals surface area contributed by atoms with E-state index >= 15 is 0 Å². The van der Waals surface area contributed by atoms with Gasteiger partial charge in [0.15, 0.2) is 11.5 Å². The number of rotatable bonds is 3. The van der Waals surface area contributed by atoms with Gasteiger partial charge in [-0.25, -0.2) is 9.67 Å². The van der Waals surface area contributed by atoms with E-state index in [-0.39, 0.29) is 11.6 Å². The van der Waals surface area contributed by atoms with Crippen molar-refractivity contribution in [1.29, 1.82) is 0 Å². The predicted molar refractivity (Wildman–Crippen MR) is 81.1 cm³/mol. The zero-order valence-corrected chi connectivity index (χ0v) is 12.3. The van der Waals surface area contributed by atoms with Gasteiger partial charge in [-0.2, -0.15) is 5.10 Å². The van der Waals surface area contributed by atoms with Crippen molar-refractivity contribution in [2.75, 3.05) is 5.32 Å². The third-order valence-corrected chi connectivity index (χ3v) is 3.22. The molecule has 22 heavy (non-hydrogen) atoms. The molecule has 3 rings (SSSR count). The summed E-state index contributed by atoms with van der Waals surface area (Å²) in [6.45, 7) is 1.88. The summed E-state index contributed by atoms with van der Waals surface area (Å²) in [4.78, 5) is 16.0. The van der Waals surface area contributed by atoms with Gasteiger partial charge in [0.05, 0.1) is 0 Å². The standard InChI is InChI=1S/C14H11ClN6O/c1-9-2-3-10(15)6-12(9)18-14(22)11-4-5-13(20-19-11)21-8-16-7-17-21/h2-8H,1H3,(H,18,22). The number of carbonyl (C=O) groups excluding carboxylic acids is 1. The molecule has 0 saturated heterocycles. The van der Waals surface area contributed by atoms with Crippen molar-refractivity contribution in [2.24, 2.45) is 0 Å². The van der Waals surface area contributed by atoms with Crippen molar-refractivity contribution in [3.63, 3.8) is 0 Å². The molecule has 0 atom stereocenters. The van der Waals surface area contributed by atoms with Crippen LogP contribution in [0.1, 0.15) is 16.1 Å². The van der Waals surface area contributed by atoms with Gasteiger partial charge in [-0.15, -0.1) is 10.2 Å². The van der Waals surface area contributed by atoms with Crippen molar-refractivity contribution in [3.8, 4) is 5.82 Å². The number of aromatic nitrogens is 5. The molecule has 0 spiro atoms. The molecular formula is C14H11ClN6O. The normalized spacial score (nSPS) is 10.5. The number of nitrogens with one attached hydrogen (secondary N) is 1. The molecule has 0 fully saturated rings. The number of amides is 1. The number of anilines is 1. The van der Waals surface area contributed by atoms with Gasteiger partial charge < -0.3 is 5.32 Å². The lowest BCUT2D eigenvalue weighted by molar-refractivity contribution is 0.102. The number of aryl methyl sites for hydroxylation is 1. The monoisotopic (exact) mass is 314 g/mol. The summed E-state index contributed by atoms with van der Waals surface area (Å²) in [6, 6.07) is 8.49. The topological polar surface area (TPSA) is 85.6 Å². The van der Waals surface area contributed by atoms with Crippen LogP contribution in [0.3, 0.4) is 0 Å². The Morgan fingerprint density at radius 2 is 2.09 bits per heavy atom. The SMILES string of the molecule is Cc1ccc(Cl)cc1NC(=O)c1ccc(-n2cncn2)nn1. The van der Waals surface area contributed by atoms with Crippen LogP contribution in [0.4, 0.5) is 5.69 Å². The minimum atomic E-state index is -0.358. The summed E-state index contributed by atoms with van der Waals surface area (Å²) in [7, 11) is 0. The van der Waals surface area contributed by atoms with Gasteiger partial charge in [-0.1, -0.05) is 17.7 Å². The Bertz CT molecular complexity index is 801. The first-order chi connectivity index (χ1) is 10.6. The first-order valence-electron chi connectivity index (χ1n) is 6.40. The van der Waals surface area contributed by atoms with Gasteiger partial charge in [-0.3, -0.25) is 4.79 Å². The maximum Gasteiger partial charge on any atom is 0.276 e. The Hall–Kier alpha value is -2.80. The van der Waals surface area contributed by atoms with Crippen LogP contribution in [-0.2, 0) is 0 Å². The molecule has 2 aromatic heterocycles. The van der Waals surface area contributed by atoms with E-state index in [4.69, 9.17) is 11.6 Å². The van der Waals surface area contributed by atoms with Crippen LogP contribution in [0.25, 0.3) is 5.82 Å². The zero-order chi connectivity index (χ0) is 15.5. The van der Waals surface area contributed by atoms with E-state index in [0.29, 0.717) is 16.5 Å². The minimum absolute atomic E-state index is 0.197. The van der Waals surface area contributed by atoms with Crippen molar-refractivity contribution in [1.82, 2.24) is 25.0 Å². The first-order valence-corrected chi connectivity index (χ1v) is 6.77. The van der Waals surface area contributed by atoms with Gasteiger partial charge in [-0.05, 0) is 36.8 Å². The Balaban J connectivity index is 1.79. The molecule has 0 bridgehead atoms. The smallest absolute Gasteiger partial charge is 0.276 e. The largest absolute Gasteiger partial charge is 0.320 e. The fraction of sp³-hybridized carbons (Fsp3) is 0.0714. The van der Waals surface area contributed by atoms with Crippen molar-refractivity contribution in [3.05, 3.63) is 59.3 Å². The van der Waals surface area contributed by atoms with Crippen LogP contribution < -0.4 is 5.32 Å². The molecule has 1 N–H and O–H groups in total. The first kappa shape index (κ1) is 14.2. The average molecular weight is 315 g/mol. The summed E-state index contributed by atoms with van der Waals surface area (Å²) in [5, 5.41) is 15.1. The zero-order valence-electron chi connectivity index (χ0n) is 11.6. The maximum absolute atomic E-state index is 12.2. The van der Waals surface area contributed by atoms with Crippen LogP contribution in [-0.4, -0.2) is 30.9 Å². The third-order valence-electron chi connectivity index (χ3n) is 2.98. The van der Waals surface area contributed by atoms with Gasteiger partial charge in [0.2, 0.25) is 0 Å². The van der Waals surface area contributed by atoms with Gasteiger partial charge in [0, 0.05) is 10.7 Å². The van der Waals surface area contributed by atoms with Crippen molar-refractivity contribution >= 4 is 23.2 Å². The number of carbonyl (C=O) groups is 1. The molecule has 1 amide bonds. The Labute approximate surface area is 131 Å². The van der Waals surface area contributed by atoms with Crippen molar-refractivity contribution < 1.29 is 4.79 Å². The molecule has 8 heteroatoms. The van der Waals surface area contributed by atoms with Crippen LogP contribution in [0.2, 0.25) is 5.02 Å². The molecule has 2 heterocycles. The van der Waals surface area contributed by atoms with Crippen LogP contribution in [0.15, 0.2) is 43.0 Å². The second kappa shape index (κ2) is 5.90. The van der Waals surface area contributed by atoms with E-state index in [1.54, 1.807) is 24.3 Å². The van der Waals surface area contributed by atoms with Gasteiger partial charge in [0.1, 0.15) is 12.7 Å². The summed E-state index contributed by atoms with van der Waals surface area (Å²) in [6.07, 6.45) is 2.89. The molecule has 0 unspecified atom stereocenters. The molecular weight excluding hydrogens is 304 g/mol. The molecule has 0 aliphatic carbocycles. The second-order valence-corrected chi connectivity index (χ2v) is 4.97. The molecule has 7 nitrogen and oxygen atoms in total. The molecule has 0 aliphatic heterocycles. The second-order valence-electron chi connectivity index (χ2n) is 4.53. The molecule has 1 aromatic carbocycles. The third kappa shape index (κ3) is 2.94. The van der Waals surface area contributed by atoms with Gasteiger partial charge >= 0.3 is 0 Å². The van der Waals surface area contributed by atoms with E-state index in [9.17, 15) is 4.79 Å². The number of hydrogen-bond donors (Lipinski definition) is 1. The Morgan fingerprint density at radius 1 is 1.23 bits per heavy atom. The predicted octanol–water partition coefficient (Wildman–Crippen LogP) is 2.27. The number of nitrogens with zero attached hydrogens (tertiary/aromatic N) is 5. The minimum Gasteiger partial charge on any atom is -0.320 e. The van der Waals surface area contributed by atoms with Crippen LogP contribution in [0.5, 0.6) is 0 Å². The Morgan fingerprint density at radius 3 is 2.77 bits per heavy atom. The van der Waals surface area contributed by atoms with Crippen LogP contribution >= 0.6 is 11.6 Å². The number of halogens is 1. The highest BCUT2D eigenvalue weighted by molar-refractivity contribution is 6.31. The van der Waals surface area contributed by atoms with E-state index in [2.05, 4.69) is 25.6 Å². The highest BCUT2D eigenvalue weighted by atomic mass is 35.5. The lowest BCUT2D eigenvalue weighted by Gasteiger charge is -2.08. The fourth-order valence-corrected chi connectivity index (χ4v) is 1.98. The number of hydrogen-bond acceptors (Lipinski definition) is 5. The highest BCUT2D eigenvalue weighted by Crippen LogP contribution is 2.20. The number of benzene rings is 1. The average Bonchev–Trinajstić information content (AvgIpc) is 3.05. The summed E-state index contributed by atoms with van der Waals surface area (Å²) >= 11 is 5.93. The molecule has 0 saturated carbocycles. The quantitative estimate of drug-likeness (QED) is 0.801. The molecule has 0 radical (unpaired) electrons. The van der Waals surface area contributed by atoms with Crippen LogP contribution in [0, 0.1) is 6.92 Å². The van der Waals surface area contributed by atoms with E-state index in [0.717, 1.165) is 5.56 Å². The van der Waals surface area contributed by atoms with E-state index in [1.807, 2.05) is 13.0 Å². The van der Waals surface area contributed by atoms with E-state index < -0.39 is 0 Å². The molecule has 0 aliphatic rings. The lowest BCUT2D eigenvalue weighted by atomic mass is 10.2.